The molecular formula is C11H16N2O3S. The van der Waals surface area contributed by atoms with Crippen LogP contribution in [0, 0.1) is 6.92 Å². The number of rotatable bonds is 2. The highest BCUT2D eigenvalue weighted by atomic mass is 32.2. The Hall–Kier alpha value is -1.11. The minimum Gasteiger partial charge on any atom is -0.399 e. The molecular weight excluding hydrogens is 240 g/mol. The van der Waals surface area contributed by atoms with Gasteiger partial charge in [0.1, 0.15) is 0 Å². The van der Waals surface area contributed by atoms with Gasteiger partial charge in [-0.05, 0) is 37.6 Å². The number of benzene rings is 1. The molecule has 0 bridgehead atoms. The fourth-order valence-corrected chi connectivity index (χ4v) is 3.60. The van der Waals surface area contributed by atoms with Crippen LogP contribution >= 0.6 is 0 Å². The van der Waals surface area contributed by atoms with E-state index in [1.54, 1.807) is 26.0 Å². The van der Waals surface area contributed by atoms with Crippen molar-refractivity contribution in [1.82, 2.24) is 4.31 Å². The number of sulfonamides is 1. The van der Waals surface area contributed by atoms with E-state index in [1.807, 2.05) is 0 Å². The molecule has 1 aromatic rings. The number of nitrogen functional groups attached to an aromatic ring is 1. The molecule has 6 heteroatoms. The van der Waals surface area contributed by atoms with Crippen LogP contribution in [0.4, 0.5) is 5.69 Å². The van der Waals surface area contributed by atoms with Crippen LogP contribution in [0.25, 0.3) is 0 Å². The predicted molar refractivity (Wildman–Crippen MR) is 65.0 cm³/mol. The maximum atomic E-state index is 12.1. The van der Waals surface area contributed by atoms with Crippen molar-refractivity contribution in [1.29, 1.82) is 0 Å². The molecule has 0 amide bonds. The van der Waals surface area contributed by atoms with Gasteiger partial charge in [-0.15, -0.1) is 0 Å². The molecule has 0 saturated carbocycles. The highest BCUT2D eigenvalue weighted by Crippen LogP contribution is 2.28. The Kier molecular flexibility index (Phi) is 2.68. The zero-order valence-electron chi connectivity index (χ0n) is 9.84. The molecule has 0 radical (unpaired) electrons. The summed E-state index contributed by atoms with van der Waals surface area (Å²) in [5.74, 6) is 0. The van der Waals surface area contributed by atoms with Crippen LogP contribution in [0.2, 0.25) is 0 Å². The van der Waals surface area contributed by atoms with Crippen LogP contribution in [0.1, 0.15) is 12.5 Å². The summed E-state index contributed by atoms with van der Waals surface area (Å²) in [4.78, 5) is 0.222. The standard InChI is InChI=1S/C11H16N2O3S/c1-8-5-9(3-4-10(8)12)17(15,16)13-6-11(2,14)7-13/h3-5,14H,6-7,12H2,1-2H3. The van der Waals surface area contributed by atoms with Gasteiger partial charge in [0.2, 0.25) is 10.0 Å². The van der Waals surface area contributed by atoms with Gasteiger partial charge < -0.3 is 10.8 Å². The Labute approximate surface area is 101 Å². The van der Waals surface area contributed by atoms with Gasteiger partial charge >= 0.3 is 0 Å². The van der Waals surface area contributed by atoms with Gasteiger partial charge in [-0.2, -0.15) is 4.31 Å². The molecule has 94 valence electrons. The number of nitrogens with zero attached hydrogens (tertiary/aromatic N) is 1. The lowest BCUT2D eigenvalue weighted by Crippen LogP contribution is -2.61. The maximum Gasteiger partial charge on any atom is 0.243 e. The molecule has 0 spiro atoms. The average Bonchev–Trinajstić information content (AvgIpc) is 2.18. The Morgan fingerprint density at radius 2 is 2.00 bits per heavy atom. The lowest BCUT2D eigenvalue weighted by atomic mass is 10.0. The van der Waals surface area contributed by atoms with Crippen molar-refractivity contribution < 1.29 is 13.5 Å². The van der Waals surface area contributed by atoms with Crippen molar-refractivity contribution in [3.63, 3.8) is 0 Å². The van der Waals surface area contributed by atoms with Gasteiger partial charge in [0.25, 0.3) is 0 Å². The summed E-state index contributed by atoms with van der Waals surface area (Å²) in [6.07, 6.45) is 0. The monoisotopic (exact) mass is 256 g/mol. The minimum absolute atomic E-state index is 0.138. The Balaban J connectivity index is 2.30. The highest BCUT2D eigenvalue weighted by molar-refractivity contribution is 7.89. The van der Waals surface area contributed by atoms with Crippen LogP contribution in [0.5, 0.6) is 0 Å². The third-order valence-electron chi connectivity index (χ3n) is 2.91. The van der Waals surface area contributed by atoms with Gasteiger partial charge in [-0.25, -0.2) is 8.42 Å². The smallest absolute Gasteiger partial charge is 0.243 e. The summed E-state index contributed by atoms with van der Waals surface area (Å²) in [6, 6.07) is 4.63. The van der Waals surface area contributed by atoms with E-state index in [2.05, 4.69) is 0 Å². The van der Waals surface area contributed by atoms with Crippen LogP contribution in [0.3, 0.4) is 0 Å². The van der Waals surface area contributed by atoms with E-state index in [0.717, 1.165) is 5.56 Å². The van der Waals surface area contributed by atoms with E-state index in [1.165, 1.54) is 10.4 Å². The minimum atomic E-state index is -3.49. The van der Waals surface area contributed by atoms with Gasteiger partial charge in [-0.3, -0.25) is 0 Å². The Morgan fingerprint density at radius 3 is 2.47 bits per heavy atom. The molecule has 1 saturated heterocycles. The zero-order chi connectivity index (χ0) is 12.8. The van der Waals surface area contributed by atoms with E-state index in [0.29, 0.717) is 5.69 Å². The molecule has 0 unspecified atom stereocenters. The number of hydrogen-bond acceptors (Lipinski definition) is 4. The molecule has 2 rings (SSSR count). The van der Waals surface area contributed by atoms with E-state index in [-0.39, 0.29) is 18.0 Å². The summed E-state index contributed by atoms with van der Waals surface area (Å²) in [5.41, 5.74) is 6.05. The largest absolute Gasteiger partial charge is 0.399 e. The first kappa shape index (κ1) is 12.3. The quantitative estimate of drug-likeness (QED) is 0.747. The second-order valence-corrected chi connectivity index (χ2v) is 6.73. The van der Waals surface area contributed by atoms with E-state index in [9.17, 15) is 13.5 Å². The van der Waals surface area contributed by atoms with Crippen molar-refractivity contribution in [2.24, 2.45) is 0 Å². The Morgan fingerprint density at radius 1 is 1.41 bits per heavy atom. The second-order valence-electron chi connectivity index (χ2n) is 4.79. The Bertz CT molecular complexity index is 544. The molecule has 0 aromatic heterocycles. The third kappa shape index (κ3) is 2.15. The summed E-state index contributed by atoms with van der Waals surface area (Å²) < 4.78 is 25.5. The number of nitrogens with two attached hydrogens (primary N) is 1. The van der Waals surface area contributed by atoms with Crippen molar-refractivity contribution in [2.45, 2.75) is 24.3 Å². The summed E-state index contributed by atoms with van der Waals surface area (Å²) >= 11 is 0. The van der Waals surface area contributed by atoms with Crippen LogP contribution in [0.15, 0.2) is 23.1 Å². The number of aryl methyl sites for hydroxylation is 1. The highest BCUT2D eigenvalue weighted by Gasteiger charge is 2.43. The van der Waals surface area contributed by atoms with Gasteiger partial charge in [0.05, 0.1) is 10.5 Å². The van der Waals surface area contributed by atoms with Gasteiger partial charge in [0.15, 0.2) is 0 Å². The fraction of sp³-hybridized carbons (Fsp3) is 0.455. The summed E-state index contributed by atoms with van der Waals surface area (Å²) in [6.45, 7) is 3.66. The molecule has 1 aliphatic rings. The molecule has 1 aliphatic heterocycles. The van der Waals surface area contributed by atoms with Crippen molar-refractivity contribution >= 4 is 15.7 Å². The van der Waals surface area contributed by atoms with Crippen molar-refractivity contribution in [2.75, 3.05) is 18.8 Å². The van der Waals surface area contributed by atoms with E-state index >= 15 is 0 Å². The normalized spacial score (nSPS) is 19.9. The van der Waals surface area contributed by atoms with Crippen LogP contribution in [-0.4, -0.2) is 36.5 Å². The maximum absolute atomic E-state index is 12.1. The van der Waals surface area contributed by atoms with Gasteiger partial charge in [-0.1, -0.05) is 0 Å². The SMILES string of the molecule is Cc1cc(S(=O)(=O)N2CC(C)(O)C2)ccc1N. The molecule has 1 fully saturated rings. The lowest BCUT2D eigenvalue weighted by molar-refractivity contribution is -0.0426. The molecule has 1 aromatic carbocycles. The molecule has 0 atom stereocenters. The fourth-order valence-electron chi connectivity index (χ4n) is 1.84. The summed E-state index contributed by atoms with van der Waals surface area (Å²) in [5, 5.41) is 9.57. The van der Waals surface area contributed by atoms with E-state index < -0.39 is 15.6 Å². The first-order valence-corrected chi connectivity index (χ1v) is 6.75. The molecule has 1 heterocycles. The number of aliphatic hydroxyl groups is 1. The van der Waals surface area contributed by atoms with E-state index in [4.69, 9.17) is 5.73 Å². The average molecular weight is 256 g/mol. The first-order valence-electron chi connectivity index (χ1n) is 5.31. The molecule has 5 nitrogen and oxygen atoms in total. The zero-order valence-corrected chi connectivity index (χ0v) is 10.7. The molecule has 0 aliphatic carbocycles. The topological polar surface area (TPSA) is 83.6 Å². The van der Waals surface area contributed by atoms with Crippen LogP contribution < -0.4 is 5.73 Å². The summed E-state index contributed by atoms with van der Waals surface area (Å²) in [7, 11) is -3.49. The number of anilines is 1. The second kappa shape index (κ2) is 3.69. The van der Waals surface area contributed by atoms with Gasteiger partial charge in [0, 0.05) is 18.8 Å². The lowest BCUT2D eigenvalue weighted by Gasteiger charge is -2.42. The predicted octanol–water partition coefficient (Wildman–Crippen LogP) is 0.333. The number of β-amino-alcohol motifs (C(OH)–C–C–N with tert-alkyl or cyclic N) is 1. The molecule has 17 heavy (non-hydrogen) atoms. The first-order chi connectivity index (χ1) is 7.72. The van der Waals surface area contributed by atoms with Crippen molar-refractivity contribution in [3.8, 4) is 0 Å². The van der Waals surface area contributed by atoms with Crippen LogP contribution in [-0.2, 0) is 10.0 Å². The third-order valence-corrected chi connectivity index (χ3v) is 4.70. The molecule has 3 N–H and O–H groups in total. The van der Waals surface area contributed by atoms with Crippen molar-refractivity contribution in [3.05, 3.63) is 23.8 Å². The number of hydrogen-bond donors (Lipinski definition) is 2.